The second-order valence-corrected chi connectivity index (χ2v) is 10.8. The van der Waals surface area contributed by atoms with Gasteiger partial charge in [0.25, 0.3) is 0 Å². The molecule has 2 atom stereocenters. The molecule has 4 nitrogen and oxygen atoms in total. The number of benzene rings is 3. The quantitative estimate of drug-likeness (QED) is 0.334. The molecule has 2 fully saturated rings. The number of hydrogen-bond donors (Lipinski definition) is 0. The van der Waals surface area contributed by atoms with Gasteiger partial charge in [-0.1, -0.05) is 32.0 Å². The molecule has 0 N–H and O–H groups in total. The zero-order chi connectivity index (χ0) is 24.6. The fourth-order valence-electron chi connectivity index (χ4n) is 4.66. The predicted octanol–water partition coefficient (Wildman–Crippen LogP) is 7.06. The number of rotatable bonds is 9. The molecular weight excluding hydrogens is 436 g/mol. The molecule has 0 aromatic heterocycles. The summed E-state index contributed by atoms with van der Waals surface area (Å²) in [6.07, 6.45) is 1.49. The molecule has 1 unspecified atom stereocenters. The molecule has 1 saturated carbocycles. The zero-order valence-corrected chi connectivity index (χ0v) is 21.5. The van der Waals surface area contributed by atoms with Gasteiger partial charge in [-0.3, -0.25) is 0 Å². The van der Waals surface area contributed by atoms with Gasteiger partial charge in [0.15, 0.2) is 0 Å². The van der Waals surface area contributed by atoms with Gasteiger partial charge in [-0.05, 0) is 96.8 Å². The van der Waals surface area contributed by atoms with E-state index in [0.717, 1.165) is 36.9 Å². The molecule has 1 aliphatic carbocycles. The maximum Gasteiger partial charge on any atom is 0.123 e. The van der Waals surface area contributed by atoms with Crippen molar-refractivity contribution >= 4 is 0 Å². The first-order chi connectivity index (χ1) is 16.8. The highest BCUT2D eigenvalue weighted by atomic mass is 16.5. The maximum absolute atomic E-state index is 6.18. The van der Waals surface area contributed by atoms with Crippen LogP contribution >= 0.6 is 0 Å². The van der Waals surface area contributed by atoms with Crippen molar-refractivity contribution in [3.8, 4) is 28.4 Å². The Morgan fingerprint density at radius 3 is 2.23 bits per heavy atom. The molecule has 4 heteroatoms. The summed E-state index contributed by atoms with van der Waals surface area (Å²) in [5, 5.41) is 0. The third kappa shape index (κ3) is 5.48. The molecule has 5 rings (SSSR count). The van der Waals surface area contributed by atoms with Crippen molar-refractivity contribution < 1.29 is 18.9 Å². The Morgan fingerprint density at radius 1 is 0.857 bits per heavy atom. The molecule has 184 valence electrons. The summed E-state index contributed by atoms with van der Waals surface area (Å²) >= 11 is 0. The van der Waals surface area contributed by atoms with E-state index in [1.54, 1.807) is 0 Å². The van der Waals surface area contributed by atoms with Gasteiger partial charge >= 0.3 is 0 Å². The van der Waals surface area contributed by atoms with Gasteiger partial charge in [-0.15, -0.1) is 0 Å². The van der Waals surface area contributed by atoms with Crippen LogP contribution in [-0.4, -0.2) is 25.9 Å². The molecule has 0 amide bonds. The normalized spacial score (nSPS) is 20.1. The Morgan fingerprint density at radius 2 is 1.57 bits per heavy atom. The minimum atomic E-state index is 0.133. The van der Waals surface area contributed by atoms with E-state index in [9.17, 15) is 0 Å². The Hall–Kier alpha value is -2.98. The number of ether oxygens (including phenoxy) is 4. The van der Waals surface area contributed by atoms with Crippen molar-refractivity contribution in [1.82, 2.24) is 0 Å². The van der Waals surface area contributed by atoms with Crippen LogP contribution in [0.3, 0.4) is 0 Å². The van der Waals surface area contributed by atoms with Crippen LogP contribution in [0.2, 0.25) is 0 Å². The smallest absolute Gasteiger partial charge is 0.123 e. The van der Waals surface area contributed by atoms with Gasteiger partial charge in [0.1, 0.15) is 30.0 Å². The summed E-state index contributed by atoms with van der Waals surface area (Å²) in [5.41, 5.74) is 7.42. The predicted molar refractivity (Wildman–Crippen MR) is 139 cm³/mol. The monoisotopic (exact) mass is 472 g/mol. The van der Waals surface area contributed by atoms with Crippen molar-refractivity contribution in [2.75, 3.05) is 19.8 Å². The lowest BCUT2D eigenvalue weighted by atomic mass is 9.90. The van der Waals surface area contributed by atoms with Gasteiger partial charge in [0.05, 0.1) is 19.8 Å². The molecule has 1 heterocycles. The minimum absolute atomic E-state index is 0.133. The third-order valence-corrected chi connectivity index (χ3v) is 7.16. The summed E-state index contributed by atoms with van der Waals surface area (Å²) < 4.78 is 23.7. The van der Waals surface area contributed by atoms with E-state index in [1.165, 1.54) is 33.4 Å². The Labute approximate surface area is 209 Å². The molecule has 0 radical (unpaired) electrons. The summed E-state index contributed by atoms with van der Waals surface area (Å²) in [6, 6.07) is 18.9. The summed E-state index contributed by atoms with van der Waals surface area (Å²) in [5.74, 6) is 3.29. The van der Waals surface area contributed by atoms with Crippen molar-refractivity contribution in [2.45, 2.75) is 53.8 Å². The Balaban J connectivity index is 1.29. The summed E-state index contributed by atoms with van der Waals surface area (Å²) in [7, 11) is 0. The fourth-order valence-corrected chi connectivity index (χ4v) is 4.66. The molecule has 35 heavy (non-hydrogen) atoms. The van der Waals surface area contributed by atoms with Crippen LogP contribution in [0.5, 0.6) is 17.2 Å². The van der Waals surface area contributed by atoms with Crippen LogP contribution in [0.25, 0.3) is 11.1 Å². The van der Waals surface area contributed by atoms with Gasteiger partial charge in [-0.25, -0.2) is 0 Å². The van der Waals surface area contributed by atoms with Crippen LogP contribution in [0, 0.1) is 32.1 Å². The zero-order valence-electron chi connectivity index (χ0n) is 21.5. The highest BCUT2D eigenvalue weighted by Crippen LogP contribution is 2.36. The van der Waals surface area contributed by atoms with Crippen LogP contribution in [0.4, 0.5) is 0 Å². The van der Waals surface area contributed by atoms with Crippen LogP contribution < -0.4 is 14.2 Å². The van der Waals surface area contributed by atoms with E-state index in [-0.39, 0.29) is 5.41 Å². The first-order valence-corrected chi connectivity index (χ1v) is 12.6. The van der Waals surface area contributed by atoms with Crippen LogP contribution in [0.15, 0.2) is 54.6 Å². The maximum atomic E-state index is 6.18. The molecule has 3 aromatic rings. The number of hydrogen-bond acceptors (Lipinski definition) is 4. The fraction of sp³-hybridized carbons (Fsp3) is 0.419. The van der Waals surface area contributed by atoms with Gasteiger partial charge in [0, 0.05) is 11.5 Å². The topological polar surface area (TPSA) is 36.9 Å². The summed E-state index contributed by atoms with van der Waals surface area (Å²) in [6.45, 7) is 13.6. The van der Waals surface area contributed by atoms with Gasteiger partial charge in [-0.2, -0.15) is 0 Å². The van der Waals surface area contributed by atoms with Crippen molar-refractivity contribution in [2.24, 2.45) is 11.3 Å². The lowest BCUT2D eigenvalue weighted by Gasteiger charge is -2.37. The highest BCUT2D eigenvalue weighted by Gasteiger charge is 2.35. The molecule has 0 spiro atoms. The van der Waals surface area contributed by atoms with Gasteiger partial charge < -0.3 is 18.9 Å². The van der Waals surface area contributed by atoms with E-state index in [4.69, 9.17) is 18.9 Å². The summed E-state index contributed by atoms with van der Waals surface area (Å²) in [4.78, 5) is 0. The van der Waals surface area contributed by atoms with Crippen LogP contribution in [0.1, 0.15) is 42.5 Å². The minimum Gasteiger partial charge on any atom is -0.493 e. The average Bonchev–Trinajstić information content (AvgIpc) is 3.50. The average molecular weight is 473 g/mol. The van der Waals surface area contributed by atoms with E-state index in [0.29, 0.717) is 25.2 Å². The molecule has 1 saturated heterocycles. The van der Waals surface area contributed by atoms with E-state index in [1.807, 2.05) is 24.3 Å². The Bertz CT molecular complexity index is 1190. The second-order valence-electron chi connectivity index (χ2n) is 10.8. The van der Waals surface area contributed by atoms with Crippen LogP contribution in [-0.2, 0) is 11.3 Å². The third-order valence-electron chi connectivity index (χ3n) is 7.16. The van der Waals surface area contributed by atoms with E-state index < -0.39 is 0 Å². The van der Waals surface area contributed by atoms with Crippen molar-refractivity contribution in [1.29, 1.82) is 0 Å². The molecule has 0 bridgehead atoms. The standard InChI is InChI=1S/C31H36O4/c1-20-9-10-24(30-22(3)11-28(12-23(30)4)34-19-31(5)17-32-18-31)14-25(20)16-33-26-7-6-8-27(15-26)35-29-13-21(29)2/h6-12,14-15,21,29H,13,16-19H2,1-5H3/t21?,29-/m1/s1. The largest absolute Gasteiger partial charge is 0.493 e. The van der Waals surface area contributed by atoms with E-state index in [2.05, 4.69) is 65.0 Å². The molecule has 3 aromatic carbocycles. The molecular formula is C31H36O4. The van der Waals surface area contributed by atoms with Crippen molar-refractivity contribution in [3.05, 3.63) is 76.9 Å². The molecule has 2 aliphatic rings. The lowest BCUT2D eigenvalue weighted by molar-refractivity contribution is -0.120. The van der Waals surface area contributed by atoms with Crippen molar-refractivity contribution in [3.63, 3.8) is 0 Å². The van der Waals surface area contributed by atoms with E-state index >= 15 is 0 Å². The lowest BCUT2D eigenvalue weighted by Crippen LogP contribution is -2.44. The van der Waals surface area contributed by atoms with Gasteiger partial charge in [0.2, 0.25) is 0 Å². The Kier molecular flexibility index (Phi) is 6.50. The first-order valence-electron chi connectivity index (χ1n) is 12.6. The second kappa shape index (κ2) is 9.58. The number of aryl methyl sites for hydroxylation is 3. The highest BCUT2D eigenvalue weighted by molar-refractivity contribution is 5.73. The SMILES string of the molecule is Cc1ccc(-c2c(C)cc(OCC3(C)COC3)cc2C)cc1COc1cccc(O[C@@H]2CC2C)c1. The molecule has 1 aliphatic heterocycles. The first kappa shape index (κ1) is 23.7.